The monoisotopic (exact) mass is 434 g/mol. The Labute approximate surface area is 149 Å². The van der Waals surface area contributed by atoms with Gasteiger partial charge >= 0.3 is 0 Å². The number of aliphatic imine (C=N–C) groups is 1. The summed E-state index contributed by atoms with van der Waals surface area (Å²) in [6.45, 7) is 1.79. The number of H-pyrrole nitrogens is 1. The zero-order valence-electron chi connectivity index (χ0n) is 12.1. The first-order valence-corrected chi connectivity index (χ1v) is 8.39. The third-order valence-corrected chi connectivity index (χ3v) is 4.49. The van der Waals surface area contributed by atoms with Gasteiger partial charge in [0, 0.05) is 19.9 Å². The molecule has 0 saturated heterocycles. The van der Waals surface area contributed by atoms with Crippen molar-refractivity contribution in [2.45, 2.75) is 6.92 Å². The van der Waals surface area contributed by atoms with Crippen LogP contribution in [0.1, 0.15) is 23.0 Å². The molecule has 116 valence electrons. The minimum absolute atomic E-state index is 0.149. The normalized spacial score (nSPS) is 11.9. The Balaban J connectivity index is 2.13. The first kappa shape index (κ1) is 16.0. The number of fused-ring (bicyclic) bond motifs is 1. The molecule has 6 heteroatoms. The molecule has 0 aliphatic carbocycles. The summed E-state index contributed by atoms with van der Waals surface area (Å²) in [6, 6.07) is 10.8. The molecule has 0 amide bonds. The van der Waals surface area contributed by atoms with Gasteiger partial charge in [0.25, 0.3) is 0 Å². The number of aromatic nitrogens is 1. The average molecular weight is 436 g/mol. The standard InChI is InChI=1S/C17H12Br2N2O2/c1-9(20-14-6-11(18)3-2-10(14)8-22)16-17(23)13-5-4-12(19)7-15(13)21-16/h2-8,21,23H,1H3. The topological polar surface area (TPSA) is 65.5 Å². The molecule has 1 heterocycles. The van der Waals surface area contributed by atoms with E-state index < -0.39 is 0 Å². The van der Waals surface area contributed by atoms with Crippen LogP contribution < -0.4 is 0 Å². The van der Waals surface area contributed by atoms with Crippen LogP contribution in [-0.4, -0.2) is 22.1 Å². The summed E-state index contributed by atoms with van der Waals surface area (Å²) in [5.74, 6) is 0.149. The van der Waals surface area contributed by atoms with Crippen molar-refractivity contribution < 1.29 is 9.90 Å². The minimum Gasteiger partial charge on any atom is -0.505 e. The van der Waals surface area contributed by atoms with E-state index in [-0.39, 0.29) is 5.75 Å². The van der Waals surface area contributed by atoms with Crippen molar-refractivity contribution in [3.05, 3.63) is 56.6 Å². The van der Waals surface area contributed by atoms with Crippen LogP contribution in [0, 0.1) is 0 Å². The molecule has 2 N–H and O–H groups in total. The van der Waals surface area contributed by atoms with Gasteiger partial charge in [-0.1, -0.05) is 31.9 Å². The summed E-state index contributed by atoms with van der Waals surface area (Å²) in [6.07, 6.45) is 0.765. The maximum atomic E-state index is 11.2. The first-order chi connectivity index (χ1) is 11.0. The van der Waals surface area contributed by atoms with Gasteiger partial charge in [-0.2, -0.15) is 0 Å². The van der Waals surface area contributed by atoms with Crippen molar-refractivity contribution in [3.8, 4) is 5.75 Å². The molecule has 23 heavy (non-hydrogen) atoms. The number of nitrogens with one attached hydrogen (secondary N) is 1. The number of benzene rings is 2. The largest absolute Gasteiger partial charge is 0.505 e. The number of carbonyl (C=O) groups is 1. The van der Waals surface area contributed by atoms with Crippen LogP contribution in [0.4, 0.5) is 5.69 Å². The van der Waals surface area contributed by atoms with Gasteiger partial charge in [-0.25, -0.2) is 0 Å². The Morgan fingerprint density at radius 1 is 1.17 bits per heavy atom. The summed E-state index contributed by atoms with van der Waals surface area (Å²) in [7, 11) is 0. The fourth-order valence-corrected chi connectivity index (χ4v) is 3.08. The van der Waals surface area contributed by atoms with Crippen molar-refractivity contribution in [3.63, 3.8) is 0 Å². The summed E-state index contributed by atoms with van der Waals surface area (Å²) in [5.41, 5.74) is 2.98. The van der Waals surface area contributed by atoms with Gasteiger partial charge in [0.15, 0.2) is 6.29 Å². The predicted molar refractivity (Wildman–Crippen MR) is 99.1 cm³/mol. The maximum Gasteiger partial charge on any atom is 0.152 e. The smallest absolute Gasteiger partial charge is 0.152 e. The van der Waals surface area contributed by atoms with Gasteiger partial charge in [-0.05, 0) is 43.3 Å². The third kappa shape index (κ3) is 3.09. The van der Waals surface area contributed by atoms with Crippen LogP contribution in [-0.2, 0) is 0 Å². The van der Waals surface area contributed by atoms with Gasteiger partial charge in [-0.3, -0.25) is 9.79 Å². The quantitative estimate of drug-likeness (QED) is 0.430. The highest BCUT2D eigenvalue weighted by molar-refractivity contribution is 9.10. The average Bonchev–Trinajstić information content (AvgIpc) is 2.84. The van der Waals surface area contributed by atoms with E-state index in [2.05, 4.69) is 41.8 Å². The molecule has 0 spiro atoms. The van der Waals surface area contributed by atoms with E-state index >= 15 is 0 Å². The van der Waals surface area contributed by atoms with Crippen molar-refractivity contribution in [1.82, 2.24) is 4.98 Å². The first-order valence-electron chi connectivity index (χ1n) is 6.80. The minimum atomic E-state index is 0.149. The Kier molecular flexibility index (Phi) is 4.37. The second-order valence-electron chi connectivity index (χ2n) is 5.06. The molecule has 2 aromatic carbocycles. The molecule has 0 aliphatic heterocycles. The van der Waals surface area contributed by atoms with Crippen molar-refractivity contribution in [1.29, 1.82) is 0 Å². The molecule has 0 aliphatic rings. The number of aldehydes is 1. The zero-order valence-corrected chi connectivity index (χ0v) is 15.3. The predicted octanol–water partition coefficient (Wildman–Crippen LogP) is 5.35. The van der Waals surface area contributed by atoms with Crippen LogP contribution in [0.15, 0.2) is 50.3 Å². The molecule has 0 radical (unpaired) electrons. The van der Waals surface area contributed by atoms with E-state index in [0.717, 1.165) is 26.1 Å². The van der Waals surface area contributed by atoms with Crippen LogP contribution >= 0.6 is 31.9 Å². The van der Waals surface area contributed by atoms with Gasteiger partial charge < -0.3 is 10.1 Å². The fraction of sp³-hybridized carbons (Fsp3) is 0.0588. The maximum absolute atomic E-state index is 11.2. The molecule has 1 aromatic heterocycles. The van der Waals surface area contributed by atoms with Gasteiger partial charge in [0.2, 0.25) is 0 Å². The highest BCUT2D eigenvalue weighted by Gasteiger charge is 2.13. The fourth-order valence-electron chi connectivity index (χ4n) is 2.37. The van der Waals surface area contributed by atoms with E-state index in [9.17, 15) is 9.90 Å². The van der Waals surface area contributed by atoms with E-state index in [1.54, 1.807) is 25.1 Å². The Hall–Kier alpha value is -1.92. The van der Waals surface area contributed by atoms with Gasteiger partial charge in [0.05, 0.1) is 16.9 Å². The molecule has 4 nitrogen and oxygen atoms in total. The Morgan fingerprint density at radius 3 is 2.61 bits per heavy atom. The molecule has 0 bridgehead atoms. The van der Waals surface area contributed by atoms with Gasteiger partial charge in [0.1, 0.15) is 11.4 Å². The van der Waals surface area contributed by atoms with E-state index in [0.29, 0.717) is 22.7 Å². The van der Waals surface area contributed by atoms with Crippen molar-refractivity contribution in [2.24, 2.45) is 4.99 Å². The number of rotatable bonds is 3. The summed E-state index contributed by atoms with van der Waals surface area (Å²) >= 11 is 6.78. The summed E-state index contributed by atoms with van der Waals surface area (Å²) < 4.78 is 1.75. The van der Waals surface area contributed by atoms with Crippen molar-refractivity contribution >= 4 is 60.4 Å². The summed E-state index contributed by atoms with van der Waals surface area (Å²) in [4.78, 5) is 18.8. The Morgan fingerprint density at radius 2 is 1.87 bits per heavy atom. The lowest BCUT2D eigenvalue weighted by Crippen LogP contribution is -1.95. The number of halogens is 2. The molecular weight excluding hydrogens is 424 g/mol. The Bertz CT molecular complexity index is 945. The van der Waals surface area contributed by atoms with Crippen molar-refractivity contribution in [2.75, 3.05) is 0 Å². The van der Waals surface area contributed by atoms with Gasteiger partial charge in [-0.15, -0.1) is 0 Å². The number of hydrogen-bond acceptors (Lipinski definition) is 3. The second kappa shape index (κ2) is 6.29. The lowest BCUT2D eigenvalue weighted by molar-refractivity contribution is 0.112. The highest BCUT2D eigenvalue weighted by Crippen LogP contribution is 2.32. The number of carbonyl (C=O) groups excluding carboxylic acids is 1. The zero-order chi connectivity index (χ0) is 16.6. The lowest BCUT2D eigenvalue weighted by atomic mass is 10.2. The highest BCUT2D eigenvalue weighted by atomic mass is 79.9. The molecule has 0 saturated carbocycles. The molecule has 0 fully saturated rings. The van der Waals surface area contributed by atoms with E-state index in [4.69, 9.17) is 0 Å². The van der Waals surface area contributed by atoms with Crippen LogP contribution in [0.25, 0.3) is 10.9 Å². The molecule has 3 rings (SSSR count). The molecule has 0 atom stereocenters. The molecule has 0 unspecified atom stereocenters. The molecular formula is C17H12Br2N2O2. The van der Waals surface area contributed by atoms with E-state index in [1.807, 2.05) is 18.2 Å². The van der Waals surface area contributed by atoms with Crippen LogP contribution in [0.5, 0.6) is 5.75 Å². The number of aromatic hydroxyl groups is 1. The molecule has 3 aromatic rings. The van der Waals surface area contributed by atoms with Crippen LogP contribution in [0.2, 0.25) is 0 Å². The van der Waals surface area contributed by atoms with E-state index in [1.165, 1.54) is 0 Å². The van der Waals surface area contributed by atoms with Crippen LogP contribution in [0.3, 0.4) is 0 Å². The number of nitrogens with zero attached hydrogens (tertiary/aromatic N) is 1. The second-order valence-corrected chi connectivity index (χ2v) is 6.89. The lowest BCUT2D eigenvalue weighted by Gasteiger charge is -2.03. The number of hydrogen-bond donors (Lipinski definition) is 2. The third-order valence-electron chi connectivity index (χ3n) is 3.50. The SMILES string of the molecule is CC(=Nc1cc(Br)ccc1C=O)c1[nH]c2cc(Br)ccc2c1O. The summed E-state index contributed by atoms with van der Waals surface area (Å²) in [5, 5.41) is 11.1. The number of aromatic amines is 1.